The lowest BCUT2D eigenvalue weighted by molar-refractivity contribution is -0.384. The third kappa shape index (κ3) is 4.02. The minimum Gasteiger partial charge on any atom is -0.407 e. The van der Waals surface area contributed by atoms with Crippen molar-refractivity contribution in [1.82, 2.24) is 8.87 Å². The Hall–Kier alpha value is -3.51. The van der Waals surface area contributed by atoms with Gasteiger partial charge in [0, 0.05) is 25.8 Å². The number of nitrogens with one attached hydrogen (secondary N) is 1. The lowest BCUT2D eigenvalue weighted by Crippen LogP contribution is -2.25. The average Bonchev–Trinajstić information content (AvgIpc) is 2.96. The Morgan fingerprint density at radius 1 is 1.21 bits per heavy atom. The molecule has 0 unspecified atom stereocenters. The van der Waals surface area contributed by atoms with Crippen molar-refractivity contribution in [2.24, 2.45) is 0 Å². The van der Waals surface area contributed by atoms with Crippen molar-refractivity contribution in [2.75, 3.05) is 19.4 Å². The lowest BCUT2D eigenvalue weighted by atomic mass is 10.3. The number of carbonyl (C=O) groups excluding carboxylic acids is 1. The number of nitro groups is 1. The number of nitro benzene ring substituents is 1. The van der Waals surface area contributed by atoms with Crippen molar-refractivity contribution in [3.63, 3.8) is 0 Å². The van der Waals surface area contributed by atoms with Crippen LogP contribution in [0.1, 0.15) is 0 Å². The zero-order valence-corrected chi connectivity index (χ0v) is 16.2. The summed E-state index contributed by atoms with van der Waals surface area (Å²) in [4.78, 5) is 34.6. The molecule has 1 amide bonds. The van der Waals surface area contributed by atoms with Gasteiger partial charge in [0.25, 0.3) is 5.69 Å². The minimum atomic E-state index is -3.59. The number of sulfonamides is 1. The van der Waals surface area contributed by atoms with Crippen molar-refractivity contribution in [1.29, 1.82) is 0 Å². The third-order valence-corrected chi connectivity index (χ3v) is 5.91. The molecule has 0 aliphatic heterocycles. The molecule has 0 atom stereocenters. The molecule has 29 heavy (non-hydrogen) atoms. The van der Waals surface area contributed by atoms with E-state index in [1.54, 1.807) is 0 Å². The second-order valence-corrected chi connectivity index (χ2v) is 8.38. The molecule has 0 aliphatic carbocycles. The standard InChI is InChI=1S/C17H16N4O7S/c1-19(2)29(26,27)13-6-3-11(4-7-13)18-16(22)10-20-14-8-5-12(21(24)25)9-15(14)28-17(20)23/h3-9H,10H2,1-2H3,(H,18,22). The van der Waals surface area contributed by atoms with Crippen LogP contribution in [0, 0.1) is 10.1 Å². The molecule has 12 heteroatoms. The number of hydrogen-bond acceptors (Lipinski definition) is 7. The fourth-order valence-corrected chi connectivity index (χ4v) is 3.49. The van der Waals surface area contributed by atoms with E-state index in [2.05, 4.69) is 5.32 Å². The van der Waals surface area contributed by atoms with Crippen molar-refractivity contribution < 1.29 is 22.6 Å². The van der Waals surface area contributed by atoms with E-state index in [-0.39, 0.29) is 28.2 Å². The largest absolute Gasteiger partial charge is 0.420 e. The number of benzene rings is 2. The highest BCUT2D eigenvalue weighted by molar-refractivity contribution is 7.89. The molecule has 2 aromatic carbocycles. The number of non-ortho nitro benzene ring substituents is 1. The van der Waals surface area contributed by atoms with Crippen LogP contribution in [0.2, 0.25) is 0 Å². The number of anilines is 1. The van der Waals surface area contributed by atoms with Crippen LogP contribution in [0.3, 0.4) is 0 Å². The molecule has 0 aliphatic rings. The van der Waals surface area contributed by atoms with Crippen LogP contribution in [-0.4, -0.2) is 42.2 Å². The van der Waals surface area contributed by atoms with Crippen molar-refractivity contribution in [2.45, 2.75) is 11.4 Å². The van der Waals surface area contributed by atoms with Gasteiger partial charge in [0.05, 0.1) is 21.4 Å². The first kappa shape index (κ1) is 20.2. The summed E-state index contributed by atoms with van der Waals surface area (Å²) in [6.45, 7) is -0.388. The highest BCUT2D eigenvalue weighted by Crippen LogP contribution is 2.20. The van der Waals surface area contributed by atoms with Crippen molar-refractivity contribution in [3.05, 3.63) is 63.1 Å². The monoisotopic (exact) mass is 420 g/mol. The number of fused-ring (bicyclic) bond motifs is 1. The maximum absolute atomic E-state index is 12.3. The van der Waals surface area contributed by atoms with E-state index in [9.17, 15) is 28.1 Å². The first-order valence-corrected chi connectivity index (χ1v) is 9.64. The van der Waals surface area contributed by atoms with Crippen molar-refractivity contribution in [3.8, 4) is 0 Å². The quantitative estimate of drug-likeness (QED) is 0.468. The number of hydrogen-bond donors (Lipinski definition) is 1. The summed E-state index contributed by atoms with van der Waals surface area (Å²) in [6.07, 6.45) is 0. The second kappa shape index (κ2) is 7.48. The van der Waals surface area contributed by atoms with Gasteiger partial charge in [0.2, 0.25) is 15.9 Å². The zero-order valence-electron chi connectivity index (χ0n) is 15.4. The number of carbonyl (C=O) groups is 1. The van der Waals surface area contributed by atoms with Crippen LogP contribution in [0.4, 0.5) is 11.4 Å². The van der Waals surface area contributed by atoms with Crippen LogP contribution >= 0.6 is 0 Å². The Kier molecular flexibility index (Phi) is 5.22. The number of amides is 1. The predicted octanol–water partition coefficient (Wildman–Crippen LogP) is 1.39. The highest BCUT2D eigenvalue weighted by Gasteiger charge is 2.18. The van der Waals surface area contributed by atoms with E-state index in [1.165, 1.54) is 50.5 Å². The van der Waals surface area contributed by atoms with E-state index in [1.807, 2.05) is 0 Å². The maximum atomic E-state index is 12.3. The topological polar surface area (TPSA) is 145 Å². The minimum absolute atomic E-state index is 0.00440. The molecule has 3 rings (SSSR count). The van der Waals surface area contributed by atoms with Gasteiger partial charge in [-0.3, -0.25) is 19.5 Å². The number of aromatic nitrogens is 1. The van der Waals surface area contributed by atoms with E-state index < -0.39 is 26.6 Å². The zero-order chi connectivity index (χ0) is 21.3. The number of oxazole rings is 1. The Morgan fingerprint density at radius 3 is 2.45 bits per heavy atom. The first-order valence-electron chi connectivity index (χ1n) is 8.20. The van der Waals surface area contributed by atoms with E-state index in [0.717, 1.165) is 14.9 Å². The van der Waals surface area contributed by atoms with Crippen LogP contribution in [-0.2, 0) is 21.4 Å². The van der Waals surface area contributed by atoms with E-state index in [4.69, 9.17) is 4.42 Å². The van der Waals surface area contributed by atoms with Crippen LogP contribution in [0.5, 0.6) is 0 Å². The summed E-state index contributed by atoms with van der Waals surface area (Å²) in [5, 5.41) is 13.4. The molecule has 0 saturated heterocycles. The normalized spacial score (nSPS) is 11.7. The molecule has 0 fully saturated rings. The molecule has 0 saturated carbocycles. The number of rotatable bonds is 6. The summed E-state index contributed by atoms with van der Waals surface area (Å²) in [7, 11) is -0.769. The predicted molar refractivity (Wildman–Crippen MR) is 103 cm³/mol. The molecule has 3 aromatic rings. The van der Waals surface area contributed by atoms with Crippen molar-refractivity contribution >= 4 is 38.4 Å². The lowest BCUT2D eigenvalue weighted by Gasteiger charge is -2.12. The Morgan fingerprint density at radius 2 is 1.86 bits per heavy atom. The maximum Gasteiger partial charge on any atom is 0.420 e. The van der Waals surface area contributed by atoms with Crippen LogP contribution in [0.25, 0.3) is 11.1 Å². The summed E-state index contributed by atoms with van der Waals surface area (Å²) >= 11 is 0. The average molecular weight is 420 g/mol. The van der Waals surface area contributed by atoms with E-state index >= 15 is 0 Å². The first-order chi connectivity index (χ1) is 13.6. The molecular weight excluding hydrogens is 404 g/mol. The Bertz CT molecular complexity index is 1260. The molecule has 1 N–H and O–H groups in total. The van der Waals surface area contributed by atoms with Gasteiger partial charge in [-0.1, -0.05) is 0 Å². The summed E-state index contributed by atoms with van der Waals surface area (Å²) < 4.78 is 31.2. The van der Waals surface area contributed by atoms with Crippen LogP contribution in [0.15, 0.2) is 56.6 Å². The Labute approximate surface area is 164 Å². The van der Waals surface area contributed by atoms with Crippen LogP contribution < -0.4 is 11.1 Å². The highest BCUT2D eigenvalue weighted by atomic mass is 32.2. The van der Waals surface area contributed by atoms with Gasteiger partial charge in [-0.25, -0.2) is 17.5 Å². The fourth-order valence-electron chi connectivity index (χ4n) is 2.58. The summed E-state index contributed by atoms with van der Waals surface area (Å²) in [6, 6.07) is 9.19. The van der Waals surface area contributed by atoms with Gasteiger partial charge >= 0.3 is 5.76 Å². The SMILES string of the molecule is CN(C)S(=O)(=O)c1ccc(NC(=O)Cn2c(=O)oc3cc([N+](=O)[O-])ccc32)cc1. The van der Waals surface area contributed by atoms with Gasteiger partial charge in [-0.05, 0) is 30.3 Å². The molecule has 11 nitrogen and oxygen atoms in total. The summed E-state index contributed by atoms with van der Waals surface area (Å²) in [5.74, 6) is -1.39. The van der Waals surface area contributed by atoms with E-state index in [0.29, 0.717) is 5.69 Å². The molecule has 152 valence electrons. The second-order valence-electron chi connectivity index (χ2n) is 6.22. The molecule has 0 radical (unpaired) electrons. The number of nitrogens with zero attached hydrogens (tertiary/aromatic N) is 3. The fraction of sp³-hybridized carbons (Fsp3) is 0.176. The molecule has 0 bridgehead atoms. The van der Waals surface area contributed by atoms with Gasteiger partial charge in [0.1, 0.15) is 6.54 Å². The van der Waals surface area contributed by atoms with Gasteiger partial charge < -0.3 is 9.73 Å². The third-order valence-electron chi connectivity index (χ3n) is 4.08. The molecular formula is C17H16N4O7S. The summed E-state index contributed by atoms with van der Waals surface area (Å²) in [5.41, 5.74) is 0.332. The molecule has 0 spiro atoms. The van der Waals surface area contributed by atoms with Gasteiger partial charge in [-0.2, -0.15) is 0 Å². The molecule has 1 aromatic heterocycles. The van der Waals surface area contributed by atoms with Gasteiger partial charge in [0.15, 0.2) is 5.58 Å². The Balaban J connectivity index is 1.78. The van der Waals surface area contributed by atoms with Gasteiger partial charge in [-0.15, -0.1) is 0 Å². The smallest absolute Gasteiger partial charge is 0.407 e. The molecule has 1 heterocycles.